The number of rotatable bonds is 9. The second-order valence-electron chi connectivity index (χ2n) is 13.1. The van der Waals surface area contributed by atoms with Gasteiger partial charge >= 0.3 is 228 Å². The summed E-state index contributed by atoms with van der Waals surface area (Å²) < 4.78 is 19.4. The van der Waals surface area contributed by atoms with Crippen molar-refractivity contribution >= 4 is 22.0 Å². The van der Waals surface area contributed by atoms with E-state index in [4.69, 9.17) is 14.2 Å². The summed E-state index contributed by atoms with van der Waals surface area (Å²) in [6, 6.07) is 11.4. The molecular formula is C32H43LiO3. The molecule has 190 valence electrons. The summed E-state index contributed by atoms with van der Waals surface area (Å²) >= 11 is 2.21. The molecule has 4 aliphatic rings. The third-order valence-electron chi connectivity index (χ3n) is 9.15. The minimum atomic E-state index is 0.0503. The molecular weight excluding hydrogens is 439 g/mol. The van der Waals surface area contributed by atoms with Gasteiger partial charge in [-0.1, -0.05) is 0 Å². The van der Waals surface area contributed by atoms with Crippen molar-refractivity contribution in [3.05, 3.63) is 41.5 Å². The van der Waals surface area contributed by atoms with Crippen LogP contribution in [0.1, 0.15) is 90.2 Å². The Balaban J connectivity index is 1.68. The Hall–Kier alpha value is -1.40. The van der Waals surface area contributed by atoms with Crippen molar-refractivity contribution in [2.24, 2.45) is 17.8 Å². The van der Waals surface area contributed by atoms with Crippen LogP contribution in [0.15, 0.2) is 30.3 Å². The molecule has 0 amide bonds. The van der Waals surface area contributed by atoms with Gasteiger partial charge < -0.3 is 0 Å². The molecule has 0 unspecified atom stereocenters. The second-order valence-corrected chi connectivity index (χ2v) is 13.1. The predicted octanol–water partition coefficient (Wildman–Crippen LogP) is 7.07. The number of ether oxygens (including phenoxy) is 3. The van der Waals surface area contributed by atoms with Crippen LogP contribution in [0.25, 0.3) is 11.1 Å². The summed E-state index contributed by atoms with van der Waals surface area (Å²) in [4.78, 5) is 0. The van der Waals surface area contributed by atoms with Gasteiger partial charge in [0.1, 0.15) is 0 Å². The first-order valence-electron chi connectivity index (χ1n) is 14.3. The number of benzene rings is 2. The van der Waals surface area contributed by atoms with Gasteiger partial charge in [-0.15, -0.1) is 0 Å². The fourth-order valence-corrected chi connectivity index (χ4v) is 7.69. The molecule has 0 aromatic heterocycles. The maximum atomic E-state index is 6.56. The summed E-state index contributed by atoms with van der Waals surface area (Å²) in [5.41, 5.74) is 5.53. The van der Waals surface area contributed by atoms with Gasteiger partial charge in [0.15, 0.2) is 0 Å². The topological polar surface area (TPSA) is 27.7 Å². The SMILES string of the molecule is [Li][c]1ccc(OCCCC)cc1-c1cc(C(C)(C)C)cc(C23CC4CC(CC(C4)C2)C3)c1OCOC. The van der Waals surface area contributed by atoms with Crippen LogP contribution < -0.4 is 13.7 Å². The Kier molecular flexibility index (Phi) is 7.57. The average Bonchev–Trinajstić information content (AvgIpc) is 2.82. The van der Waals surface area contributed by atoms with Crippen molar-refractivity contribution in [2.75, 3.05) is 20.5 Å². The van der Waals surface area contributed by atoms with Gasteiger partial charge in [0.2, 0.25) is 0 Å². The molecule has 0 spiro atoms. The van der Waals surface area contributed by atoms with Crippen LogP contribution in [-0.2, 0) is 15.6 Å². The van der Waals surface area contributed by atoms with E-state index in [1.54, 1.807) is 7.11 Å². The molecule has 0 N–H and O–H groups in total. The number of unbranched alkanes of at least 4 members (excludes halogenated alkanes) is 1. The van der Waals surface area contributed by atoms with Gasteiger partial charge in [0.05, 0.1) is 0 Å². The first kappa shape index (κ1) is 26.2. The molecule has 2 aromatic rings. The van der Waals surface area contributed by atoms with Crippen molar-refractivity contribution in [3.8, 4) is 22.6 Å². The van der Waals surface area contributed by atoms with Gasteiger partial charge in [0.25, 0.3) is 0 Å². The zero-order valence-corrected chi connectivity index (χ0v) is 23.4. The Bertz CT molecular complexity index is 1050. The fourth-order valence-electron chi connectivity index (χ4n) is 7.69. The predicted molar refractivity (Wildman–Crippen MR) is 149 cm³/mol. The van der Waals surface area contributed by atoms with Crippen LogP contribution in [0.4, 0.5) is 0 Å². The maximum absolute atomic E-state index is 6.56. The molecule has 0 saturated heterocycles. The molecule has 0 aliphatic heterocycles. The zero-order valence-electron chi connectivity index (χ0n) is 23.4. The number of methoxy groups -OCH3 is 1. The van der Waals surface area contributed by atoms with Crippen molar-refractivity contribution < 1.29 is 14.2 Å². The van der Waals surface area contributed by atoms with Crippen molar-refractivity contribution in [2.45, 2.75) is 89.9 Å². The third-order valence-corrected chi connectivity index (χ3v) is 9.15. The minimum absolute atomic E-state index is 0.0503. The van der Waals surface area contributed by atoms with Crippen LogP contribution in [0.5, 0.6) is 11.5 Å². The molecule has 4 saturated carbocycles. The Labute approximate surface area is 227 Å². The molecule has 3 nitrogen and oxygen atoms in total. The molecule has 36 heavy (non-hydrogen) atoms. The van der Waals surface area contributed by atoms with Gasteiger partial charge in [-0.05, 0) is 0 Å². The molecule has 0 heterocycles. The molecule has 4 aliphatic carbocycles. The van der Waals surface area contributed by atoms with E-state index in [2.05, 4.69) is 75.7 Å². The van der Waals surface area contributed by atoms with E-state index in [1.807, 2.05) is 0 Å². The van der Waals surface area contributed by atoms with E-state index < -0.39 is 0 Å². The molecule has 0 radical (unpaired) electrons. The normalized spacial score (nSPS) is 26.9. The zero-order chi connectivity index (χ0) is 25.5. The van der Waals surface area contributed by atoms with Crippen LogP contribution >= 0.6 is 0 Å². The quantitative estimate of drug-likeness (QED) is 0.217. The molecule has 6 rings (SSSR count). The van der Waals surface area contributed by atoms with Crippen molar-refractivity contribution in [1.29, 1.82) is 0 Å². The molecule has 2 aromatic carbocycles. The van der Waals surface area contributed by atoms with Gasteiger partial charge in [-0.2, -0.15) is 0 Å². The first-order valence-corrected chi connectivity index (χ1v) is 14.3. The summed E-state index contributed by atoms with van der Waals surface area (Å²) in [5.74, 6) is 4.63. The first-order chi connectivity index (χ1) is 17.2. The molecule has 4 fully saturated rings. The fraction of sp³-hybridized carbons (Fsp3) is 0.625. The number of hydrogen-bond donors (Lipinski definition) is 0. The van der Waals surface area contributed by atoms with E-state index >= 15 is 0 Å². The van der Waals surface area contributed by atoms with Crippen LogP contribution in [0.3, 0.4) is 0 Å². The van der Waals surface area contributed by atoms with Gasteiger partial charge in [-0.25, -0.2) is 0 Å². The van der Waals surface area contributed by atoms with Crippen LogP contribution in [-0.4, -0.2) is 38.2 Å². The Morgan fingerprint density at radius 2 is 1.58 bits per heavy atom. The van der Waals surface area contributed by atoms with E-state index in [1.165, 1.54) is 65.0 Å². The molecule has 4 bridgehead atoms. The Morgan fingerprint density at radius 3 is 2.17 bits per heavy atom. The Morgan fingerprint density at radius 1 is 0.917 bits per heavy atom. The average molecular weight is 483 g/mol. The van der Waals surface area contributed by atoms with Gasteiger partial charge in [0, 0.05) is 0 Å². The summed E-state index contributed by atoms with van der Waals surface area (Å²) in [6.45, 7) is 10.2. The van der Waals surface area contributed by atoms with Crippen LogP contribution in [0.2, 0.25) is 0 Å². The van der Waals surface area contributed by atoms with Crippen LogP contribution in [0, 0.1) is 17.8 Å². The van der Waals surface area contributed by atoms with E-state index in [0.717, 1.165) is 48.7 Å². The second kappa shape index (κ2) is 10.4. The van der Waals surface area contributed by atoms with Crippen molar-refractivity contribution in [3.63, 3.8) is 0 Å². The third kappa shape index (κ3) is 5.14. The summed E-state index contributed by atoms with van der Waals surface area (Å²) in [6.07, 6.45) is 10.5. The van der Waals surface area contributed by atoms with Gasteiger partial charge in [-0.3, -0.25) is 0 Å². The van der Waals surface area contributed by atoms with E-state index in [0.29, 0.717) is 0 Å². The summed E-state index contributed by atoms with van der Waals surface area (Å²) in [5, 5.41) is 0. The van der Waals surface area contributed by atoms with E-state index in [-0.39, 0.29) is 17.6 Å². The number of hydrogen-bond acceptors (Lipinski definition) is 3. The monoisotopic (exact) mass is 482 g/mol. The van der Waals surface area contributed by atoms with E-state index in [9.17, 15) is 0 Å². The summed E-state index contributed by atoms with van der Waals surface area (Å²) in [7, 11) is 1.72. The molecule has 0 atom stereocenters. The molecule has 4 heteroatoms. The van der Waals surface area contributed by atoms with Crippen molar-refractivity contribution in [1.82, 2.24) is 0 Å². The standard InChI is InChI=1S/C32H43O3.Li/c1-6-7-11-34-27-10-8-9-25(15-27)28-16-26(31(2,3)4)17-29(30(28)35-21-33-5)32-18-22-12-23(19-32)14-24(13-22)20-32;/h8,10,15-17,22-24H,6-7,11-14,18-21H2,1-5H3;.